The van der Waals surface area contributed by atoms with Crippen molar-refractivity contribution in [1.82, 2.24) is 20.3 Å². The molecule has 0 unspecified atom stereocenters. The SMILES string of the molecule is Cc1cc(CN2CCN([C@@H](C)C(=O)NC(c3ccccc3)c3ccccc3)CC2)no1. The van der Waals surface area contributed by atoms with Crippen LogP contribution < -0.4 is 5.32 Å². The maximum Gasteiger partial charge on any atom is 0.237 e. The van der Waals surface area contributed by atoms with E-state index >= 15 is 0 Å². The normalized spacial score (nSPS) is 16.4. The Bertz CT molecular complexity index is 926. The lowest BCUT2D eigenvalue weighted by atomic mass is 9.98. The van der Waals surface area contributed by atoms with Gasteiger partial charge in [0.15, 0.2) is 0 Å². The van der Waals surface area contributed by atoms with Gasteiger partial charge in [-0.2, -0.15) is 0 Å². The highest BCUT2D eigenvalue weighted by Gasteiger charge is 2.28. The molecule has 162 valence electrons. The van der Waals surface area contributed by atoms with Crippen molar-refractivity contribution < 1.29 is 9.32 Å². The molecule has 2 aromatic carbocycles. The molecule has 1 aliphatic rings. The van der Waals surface area contributed by atoms with Crippen molar-refractivity contribution in [2.75, 3.05) is 26.2 Å². The van der Waals surface area contributed by atoms with E-state index in [-0.39, 0.29) is 18.0 Å². The number of piperazine rings is 1. The zero-order valence-electron chi connectivity index (χ0n) is 18.2. The average Bonchev–Trinajstić information content (AvgIpc) is 3.23. The molecule has 31 heavy (non-hydrogen) atoms. The average molecular weight is 419 g/mol. The number of hydrogen-bond acceptors (Lipinski definition) is 5. The predicted octanol–water partition coefficient (Wildman–Crippen LogP) is 3.39. The Kier molecular flexibility index (Phi) is 6.79. The molecule has 6 heteroatoms. The first kappa shape index (κ1) is 21.3. The fraction of sp³-hybridized carbons (Fsp3) is 0.360. The van der Waals surface area contributed by atoms with E-state index in [2.05, 4.69) is 44.5 Å². The van der Waals surface area contributed by atoms with Crippen molar-refractivity contribution in [2.24, 2.45) is 0 Å². The largest absolute Gasteiger partial charge is 0.361 e. The van der Waals surface area contributed by atoms with Gasteiger partial charge in [-0.05, 0) is 25.0 Å². The third-order valence-electron chi connectivity index (χ3n) is 5.95. The van der Waals surface area contributed by atoms with Gasteiger partial charge in [-0.3, -0.25) is 14.6 Å². The zero-order chi connectivity index (χ0) is 21.6. The number of hydrogen-bond donors (Lipinski definition) is 1. The van der Waals surface area contributed by atoms with E-state index in [0.717, 1.165) is 55.3 Å². The van der Waals surface area contributed by atoms with Crippen molar-refractivity contribution in [1.29, 1.82) is 0 Å². The Morgan fingerprint density at radius 3 is 2.10 bits per heavy atom. The maximum atomic E-state index is 13.2. The van der Waals surface area contributed by atoms with Crippen LogP contribution in [0.4, 0.5) is 0 Å². The third-order valence-corrected chi connectivity index (χ3v) is 5.95. The monoisotopic (exact) mass is 418 g/mol. The Balaban J connectivity index is 1.37. The fourth-order valence-electron chi connectivity index (χ4n) is 4.11. The summed E-state index contributed by atoms with van der Waals surface area (Å²) in [6.07, 6.45) is 0. The number of aryl methyl sites for hydroxylation is 1. The Hall–Kier alpha value is -2.96. The summed E-state index contributed by atoms with van der Waals surface area (Å²) in [5.74, 6) is 0.892. The number of aromatic nitrogens is 1. The van der Waals surface area contributed by atoms with Crippen LogP contribution in [0.2, 0.25) is 0 Å². The van der Waals surface area contributed by atoms with Gasteiger partial charge in [0.05, 0.1) is 17.8 Å². The first-order valence-corrected chi connectivity index (χ1v) is 10.9. The van der Waals surface area contributed by atoms with E-state index in [4.69, 9.17) is 4.52 Å². The predicted molar refractivity (Wildman–Crippen MR) is 120 cm³/mol. The summed E-state index contributed by atoms with van der Waals surface area (Å²) in [7, 11) is 0. The summed E-state index contributed by atoms with van der Waals surface area (Å²) in [5, 5.41) is 7.37. The minimum absolute atomic E-state index is 0.0540. The van der Waals surface area contributed by atoms with Crippen LogP contribution in [-0.2, 0) is 11.3 Å². The molecule has 1 saturated heterocycles. The van der Waals surface area contributed by atoms with Gasteiger partial charge in [-0.15, -0.1) is 0 Å². The number of benzene rings is 2. The molecule has 0 aliphatic carbocycles. The molecule has 1 atom stereocenters. The fourth-order valence-corrected chi connectivity index (χ4v) is 4.11. The molecule has 1 aliphatic heterocycles. The first-order valence-electron chi connectivity index (χ1n) is 10.9. The van der Waals surface area contributed by atoms with Gasteiger partial charge < -0.3 is 9.84 Å². The second-order valence-corrected chi connectivity index (χ2v) is 8.18. The van der Waals surface area contributed by atoms with E-state index in [0.29, 0.717) is 0 Å². The van der Waals surface area contributed by atoms with E-state index in [9.17, 15) is 4.79 Å². The van der Waals surface area contributed by atoms with Crippen LogP contribution in [-0.4, -0.2) is 53.1 Å². The number of nitrogens with zero attached hydrogens (tertiary/aromatic N) is 3. The zero-order valence-corrected chi connectivity index (χ0v) is 18.2. The van der Waals surface area contributed by atoms with Gasteiger partial charge >= 0.3 is 0 Å². The van der Waals surface area contributed by atoms with Crippen LogP contribution in [0.5, 0.6) is 0 Å². The van der Waals surface area contributed by atoms with Crippen LogP contribution in [0, 0.1) is 6.92 Å². The molecule has 0 radical (unpaired) electrons. The van der Waals surface area contributed by atoms with Crippen molar-refractivity contribution in [3.05, 3.63) is 89.3 Å². The molecule has 3 aromatic rings. The number of rotatable bonds is 7. The molecular formula is C25H30N4O2. The highest BCUT2D eigenvalue weighted by atomic mass is 16.5. The van der Waals surface area contributed by atoms with Gasteiger partial charge in [0.1, 0.15) is 5.76 Å². The maximum absolute atomic E-state index is 13.2. The second kappa shape index (κ2) is 9.90. The van der Waals surface area contributed by atoms with Gasteiger partial charge in [-0.25, -0.2) is 0 Å². The van der Waals surface area contributed by atoms with Crippen LogP contribution in [0.3, 0.4) is 0 Å². The Labute approximate surface area is 183 Å². The number of carbonyl (C=O) groups excluding carboxylic acids is 1. The van der Waals surface area contributed by atoms with Crippen molar-refractivity contribution in [3.8, 4) is 0 Å². The van der Waals surface area contributed by atoms with Gasteiger partial charge in [0.25, 0.3) is 0 Å². The molecule has 0 bridgehead atoms. The molecule has 0 saturated carbocycles. The van der Waals surface area contributed by atoms with Crippen molar-refractivity contribution in [2.45, 2.75) is 32.5 Å². The van der Waals surface area contributed by atoms with Crippen molar-refractivity contribution in [3.63, 3.8) is 0 Å². The minimum atomic E-state index is -0.189. The summed E-state index contributed by atoms with van der Waals surface area (Å²) in [4.78, 5) is 17.8. The summed E-state index contributed by atoms with van der Waals surface area (Å²) >= 11 is 0. The van der Waals surface area contributed by atoms with E-state index < -0.39 is 0 Å². The van der Waals surface area contributed by atoms with Gasteiger partial charge in [-0.1, -0.05) is 65.8 Å². The van der Waals surface area contributed by atoms with Crippen LogP contribution >= 0.6 is 0 Å². The minimum Gasteiger partial charge on any atom is -0.361 e. The summed E-state index contributed by atoms with van der Waals surface area (Å²) < 4.78 is 5.17. The molecule has 1 N–H and O–H groups in total. The van der Waals surface area contributed by atoms with Crippen LogP contribution in [0.15, 0.2) is 71.3 Å². The summed E-state index contributed by atoms with van der Waals surface area (Å²) in [6, 6.07) is 21.9. The highest BCUT2D eigenvalue weighted by molar-refractivity contribution is 5.82. The molecule has 1 fully saturated rings. The summed E-state index contributed by atoms with van der Waals surface area (Å²) in [6.45, 7) is 8.22. The second-order valence-electron chi connectivity index (χ2n) is 8.18. The van der Waals surface area contributed by atoms with Crippen LogP contribution in [0.25, 0.3) is 0 Å². The molecule has 1 amide bonds. The standard InChI is InChI=1S/C25H30N4O2/c1-19-17-23(27-31-19)18-28-13-15-29(16-14-28)20(2)25(30)26-24(21-9-5-3-6-10-21)22-11-7-4-8-12-22/h3-12,17,20,24H,13-16,18H2,1-2H3,(H,26,30)/t20-/m0/s1. The Morgan fingerprint density at radius 2 is 1.58 bits per heavy atom. The molecule has 1 aromatic heterocycles. The lowest BCUT2D eigenvalue weighted by Crippen LogP contribution is -2.54. The van der Waals surface area contributed by atoms with Crippen molar-refractivity contribution >= 4 is 5.91 Å². The molecule has 6 nitrogen and oxygen atoms in total. The lowest BCUT2D eigenvalue weighted by Gasteiger charge is -2.37. The van der Waals surface area contributed by atoms with E-state index in [1.807, 2.05) is 56.3 Å². The molecule has 4 rings (SSSR count). The van der Waals surface area contributed by atoms with E-state index in [1.54, 1.807) is 0 Å². The lowest BCUT2D eigenvalue weighted by molar-refractivity contribution is -0.127. The number of amides is 1. The Morgan fingerprint density at radius 1 is 1.00 bits per heavy atom. The third kappa shape index (κ3) is 5.40. The molecular weight excluding hydrogens is 388 g/mol. The smallest absolute Gasteiger partial charge is 0.237 e. The number of nitrogens with one attached hydrogen (secondary N) is 1. The topological polar surface area (TPSA) is 61.6 Å². The van der Waals surface area contributed by atoms with Crippen LogP contribution in [0.1, 0.15) is 35.5 Å². The molecule has 2 heterocycles. The quantitative estimate of drug-likeness (QED) is 0.637. The number of carbonyl (C=O) groups is 1. The van der Waals surface area contributed by atoms with E-state index in [1.165, 1.54) is 0 Å². The highest BCUT2D eigenvalue weighted by Crippen LogP contribution is 2.22. The van der Waals surface area contributed by atoms with Gasteiger partial charge in [0.2, 0.25) is 5.91 Å². The first-order chi connectivity index (χ1) is 15.1. The van der Waals surface area contributed by atoms with Gasteiger partial charge in [0, 0.05) is 38.8 Å². The molecule has 0 spiro atoms. The summed E-state index contributed by atoms with van der Waals surface area (Å²) in [5.41, 5.74) is 3.13.